The Labute approximate surface area is 95.9 Å². The molecule has 0 aromatic carbocycles. The van der Waals surface area contributed by atoms with Gasteiger partial charge in [-0.05, 0) is 25.4 Å². The minimum absolute atomic E-state index is 0.0550. The summed E-state index contributed by atoms with van der Waals surface area (Å²) in [6, 6.07) is 0. The van der Waals surface area contributed by atoms with Crippen LogP contribution in [0.3, 0.4) is 0 Å². The molecule has 1 unspecified atom stereocenters. The van der Waals surface area contributed by atoms with Gasteiger partial charge in [-0.15, -0.1) is 0 Å². The molecule has 0 aliphatic carbocycles. The molecule has 92 valence electrons. The summed E-state index contributed by atoms with van der Waals surface area (Å²) in [6.07, 6.45) is 0.990. The molecule has 0 radical (unpaired) electrons. The van der Waals surface area contributed by atoms with E-state index in [9.17, 15) is 9.59 Å². The third-order valence-corrected chi connectivity index (χ3v) is 3.02. The Bertz CT molecular complexity index is 252. The lowest BCUT2D eigenvalue weighted by atomic mass is 9.88. The number of ether oxygens (including phenoxy) is 1. The van der Waals surface area contributed by atoms with Crippen LogP contribution in [0, 0.1) is 11.8 Å². The molecular formula is C11H20N2O3. The summed E-state index contributed by atoms with van der Waals surface area (Å²) in [6.45, 7) is 4.34. The topological polar surface area (TPSA) is 67.4 Å². The van der Waals surface area contributed by atoms with Gasteiger partial charge in [0.25, 0.3) is 0 Å². The minimum Gasteiger partial charge on any atom is -0.469 e. The predicted molar refractivity (Wildman–Crippen MR) is 59.8 cm³/mol. The molecule has 0 aromatic rings. The van der Waals surface area contributed by atoms with Gasteiger partial charge in [0.05, 0.1) is 7.11 Å². The van der Waals surface area contributed by atoms with Crippen LogP contribution in [0.1, 0.15) is 19.8 Å². The van der Waals surface area contributed by atoms with Gasteiger partial charge in [0.2, 0.25) is 5.91 Å². The Hall–Kier alpha value is -1.10. The van der Waals surface area contributed by atoms with Crippen molar-refractivity contribution >= 4 is 11.9 Å². The molecule has 1 saturated heterocycles. The monoisotopic (exact) mass is 228 g/mol. The Balaban J connectivity index is 2.07. The van der Waals surface area contributed by atoms with Crippen LogP contribution >= 0.6 is 0 Å². The molecule has 0 saturated carbocycles. The van der Waals surface area contributed by atoms with E-state index in [1.165, 1.54) is 7.11 Å². The van der Waals surface area contributed by atoms with E-state index in [4.69, 9.17) is 0 Å². The number of methoxy groups -OCH3 is 1. The summed E-state index contributed by atoms with van der Waals surface area (Å²) in [4.78, 5) is 22.4. The van der Waals surface area contributed by atoms with Gasteiger partial charge in [-0.1, -0.05) is 6.92 Å². The lowest BCUT2D eigenvalue weighted by Gasteiger charge is -2.31. The van der Waals surface area contributed by atoms with Crippen molar-refractivity contribution in [3.63, 3.8) is 0 Å². The van der Waals surface area contributed by atoms with Crippen molar-refractivity contribution in [3.8, 4) is 0 Å². The number of hydrogen-bond acceptors (Lipinski definition) is 4. The minimum atomic E-state index is -0.231. The second-order valence-electron chi connectivity index (χ2n) is 4.18. The highest BCUT2D eigenvalue weighted by Gasteiger charge is 2.28. The smallest absolute Gasteiger partial charge is 0.305 e. The number of esters is 1. The van der Waals surface area contributed by atoms with Gasteiger partial charge in [-0.25, -0.2) is 0 Å². The van der Waals surface area contributed by atoms with Gasteiger partial charge in [-0.2, -0.15) is 0 Å². The van der Waals surface area contributed by atoms with Gasteiger partial charge in [0.1, 0.15) is 0 Å². The largest absolute Gasteiger partial charge is 0.469 e. The Morgan fingerprint density at radius 1 is 1.50 bits per heavy atom. The second kappa shape index (κ2) is 6.48. The SMILES string of the molecule is COC(=O)CCCNC(=O)C(C)C1CNC1. The molecule has 0 bridgehead atoms. The van der Waals surface area contributed by atoms with E-state index in [1.807, 2.05) is 6.92 Å². The summed E-state index contributed by atoms with van der Waals surface area (Å²) in [5.41, 5.74) is 0. The van der Waals surface area contributed by atoms with E-state index in [1.54, 1.807) is 0 Å². The van der Waals surface area contributed by atoms with Gasteiger partial charge in [0.15, 0.2) is 0 Å². The summed E-state index contributed by atoms with van der Waals surface area (Å²) in [7, 11) is 1.37. The molecular weight excluding hydrogens is 208 g/mol. The van der Waals surface area contributed by atoms with Crippen molar-refractivity contribution in [2.45, 2.75) is 19.8 Å². The first-order valence-electron chi connectivity index (χ1n) is 5.70. The lowest BCUT2D eigenvalue weighted by molar-refractivity contribution is -0.140. The third-order valence-electron chi connectivity index (χ3n) is 3.02. The Morgan fingerprint density at radius 3 is 2.69 bits per heavy atom. The molecule has 0 aromatic heterocycles. The van der Waals surface area contributed by atoms with Crippen molar-refractivity contribution in [2.24, 2.45) is 11.8 Å². The fraction of sp³-hybridized carbons (Fsp3) is 0.818. The van der Waals surface area contributed by atoms with Crippen LogP contribution in [0.15, 0.2) is 0 Å². The molecule has 1 amide bonds. The zero-order chi connectivity index (χ0) is 12.0. The van der Waals surface area contributed by atoms with Crippen LogP contribution < -0.4 is 10.6 Å². The highest BCUT2D eigenvalue weighted by Crippen LogP contribution is 2.15. The van der Waals surface area contributed by atoms with Crippen LogP contribution in [0.25, 0.3) is 0 Å². The molecule has 1 heterocycles. The van der Waals surface area contributed by atoms with E-state index in [0.29, 0.717) is 25.3 Å². The maximum atomic E-state index is 11.6. The number of rotatable bonds is 6. The van der Waals surface area contributed by atoms with Gasteiger partial charge in [-0.3, -0.25) is 9.59 Å². The molecule has 2 N–H and O–H groups in total. The van der Waals surface area contributed by atoms with Crippen LogP contribution in [0.4, 0.5) is 0 Å². The average Bonchev–Trinajstić information content (AvgIpc) is 2.21. The van der Waals surface area contributed by atoms with Crippen molar-refractivity contribution in [1.29, 1.82) is 0 Å². The highest BCUT2D eigenvalue weighted by molar-refractivity contribution is 5.78. The van der Waals surface area contributed by atoms with Crippen molar-refractivity contribution < 1.29 is 14.3 Å². The fourth-order valence-corrected chi connectivity index (χ4v) is 1.59. The predicted octanol–water partition coefficient (Wildman–Crippen LogP) is -0.0887. The number of amides is 1. The summed E-state index contributed by atoms with van der Waals surface area (Å²) < 4.78 is 4.51. The number of carbonyl (C=O) groups is 2. The van der Waals surface area contributed by atoms with E-state index in [2.05, 4.69) is 15.4 Å². The molecule has 1 rings (SSSR count). The van der Waals surface area contributed by atoms with E-state index < -0.39 is 0 Å². The first kappa shape index (κ1) is 13.0. The molecule has 1 fully saturated rings. The number of hydrogen-bond donors (Lipinski definition) is 2. The molecule has 5 nitrogen and oxygen atoms in total. The Morgan fingerprint density at radius 2 is 2.19 bits per heavy atom. The summed E-state index contributed by atoms with van der Waals surface area (Å²) in [5, 5.41) is 5.98. The summed E-state index contributed by atoms with van der Waals surface area (Å²) >= 11 is 0. The normalized spacial score (nSPS) is 17.4. The standard InChI is InChI=1S/C11H20N2O3/c1-8(9-6-12-7-9)11(15)13-5-3-4-10(14)16-2/h8-9,12H,3-7H2,1-2H3,(H,13,15). The molecule has 16 heavy (non-hydrogen) atoms. The van der Waals surface area contributed by atoms with Crippen LogP contribution in [-0.2, 0) is 14.3 Å². The molecule has 5 heteroatoms. The fourth-order valence-electron chi connectivity index (χ4n) is 1.59. The van der Waals surface area contributed by atoms with Gasteiger partial charge < -0.3 is 15.4 Å². The zero-order valence-corrected chi connectivity index (χ0v) is 9.91. The van der Waals surface area contributed by atoms with Crippen molar-refractivity contribution in [3.05, 3.63) is 0 Å². The Kier molecular flexibility index (Phi) is 5.25. The highest BCUT2D eigenvalue weighted by atomic mass is 16.5. The zero-order valence-electron chi connectivity index (χ0n) is 9.91. The van der Waals surface area contributed by atoms with Gasteiger partial charge in [0, 0.05) is 18.9 Å². The quantitative estimate of drug-likeness (QED) is 0.492. The molecule has 1 aliphatic rings. The van der Waals surface area contributed by atoms with Gasteiger partial charge >= 0.3 is 5.97 Å². The lowest BCUT2D eigenvalue weighted by Crippen LogP contribution is -2.49. The molecule has 1 aliphatic heterocycles. The molecule has 0 spiro atoms. The third kappa shape index (κ3) is 3.81. The van der Waals surface area contributed by atoms with Crippen LogP contribution in [-0.4, -0.2) is 38.6 Å². The second-order valence-corrected chi connectivity index (χ2v) is 4.18. The average molecular weight is 228 g/mol. The van der Waals surface area contributed by atoms with Crippen LogP contribution in [0.5, 0.6) is 0 Å². The van der Waals surface area contributed by atoms with Crippen molar-refractivity contribution in [2.75, 3.05) is 26.7 Å². The van der Waals surface area contributed by atoms with E-state index >= 15 is 0 Å². The maximum Gasteiger partial charge on any atom is 0.305 e. The first-order chi connectivity index (χ1) is 7.65. The summed E-state index contributed by atoms with van der Waals surface area (Å²) in [5.74, 6) is 0.363. The first-order valence-corrected chi connectivity index (χ1v) is 5.70. The molecule has 1 atom stereocenters. The maximum absolute atomic E-state index is 11.6. The number of nitrogens with one attached hydrogen (secondary N) is 2. The van der Waals surface area contributed by atoms with E-state index in [0.717, 1.165) is 13.1 Å². The van der Waals surface area contributed by atoms with E-state index in [-0.39, 0.29) is 17.8 Å². The van der Waals surface area contributed by atoms with Crippen molar-refractivity contribution in [1.82, 2.24) is 10.6 Å². The number of carbonyl (C=O) groups excluding carboxylic acids is 2. The van der Waals surface area contributed by atoms with Crippen LogP contribution in [0.2, 0.25) is 0 Å².